The van der Waals surface area contributed by atoms with Gasteiger partial charge in [-0.1, -0.05) is 12.1 Å². The highest BCUT2D eigenvalue weighted by Gasteiger charge is 2.41. The standard InChI is InChI=1S/C27H34N4O4/c1-35-21-5-2-18(3-6-21)15-30-12-10-27(17-28,11-13-30)20-4-7-22-19(14-20)16-31(26(22)34)23-8-9-24(32)29-25(23)33/h4,7,14,18,21,23H,2-3,5-6,8-13,15-16H2,1H3,(H,29,32,33). The van der Waals surface area contributed by atoms with Gasteiger partial charge in [-0.05, 0) is 81.1 Å². The van der Waals surface area contributed by atoms with Crippen LogP contribution in [0.1, 0.15) is 72.9 Å². The molecule has 3 fully saturated rings. The van der Waals surface area contributed by atoms with Crippen molar-refractivity contribution in [2.75, 3.05) is 26.7 Å². The van der Waals surface area contributed by atoms with Crippen molar-refractivity contribution in [3.63, 3.8) is 0 Å². The van der Waals surface area contributed by atoms with Gasteiger partial charge in [-0.3, -0.25) is 19.7 Å². The maximum atomic E-state index is 13.0. The van der Waals surface area contributed by atoms with E-state index in [2.05, 4.69) is 16.3 Å². The number of methoxy groups -OCH3 is 1. The summed E-state index contributed by atoms with van der Waals surface area (Å²) in [5, 5.41) is 12.6. The van der Waals surface area contributed by atoms with Crippen LogP contribution in [0.5, 0.6) is 0 Å². The third-order valence-corrected chi connectivity index (χ3v) is 8.64. The Morgan fingerprint density at radius 1 is 1.11 bits per heavy atom. The minimum absolute atomic E-state index is 0.176. The van der Waals surface area contributed by atoms with Gasteiger partial charge in [-0.2, -0.15) is 5.26 Å². The monoisotopic (exact) mass is 478 g/mol. The molecule has 3 heterocycles. The molecule has 0 radical (unpaired) electrons. The number of nitrogens with zero attached hydrogens (tertiary/aromatic N) is 3. The maximum absolute atomic E-state index is 13.0. The molecule has 4 aliphatic rings. The number of rotatable bonds is 5. The number of likely N-dealkylation sites (tertiary alicyclic amines) is 1. The Kier molecular flexibility index (Phi) is 6.65. The van der Waals surface area contributed by atoms with Crippen molar-refractivity contribution in [2.24, 2.45) is 5.92 Å². The van der Waals surface area contributed by atoms with Crippen molar-refractivity contribution in [1.29, 1.82) is 5.26 Å². The number of imide groups is 1. The number of nitrogens with one attached hydrogen (secondary N) is 1. The quantitative estimate of drug-likeness (QED) is 0.653. The van der Waals surface area contributed by atoms with Gasteiger partial charge in [0.1, 0.15) is 6.04 Å². The largest absolute Gasteiger partial charge is 0.381 e. The van der Waals surface area contributed by atoms with E-state index < -0.39 is 17.4 Å². The lowest BCUT2D eigenvalue weighted by molar-refractivity contribution is -0.136. The first-order valence-electron chi connectivity index (χ1n) is 12.9. The van der Waals surface area contributed by atoms with Crippen LogP contribution in [0.2, 0.25) is 0 Å². The van der Waals surface area contributed by atoms with Crippen LogP contribution in [-0.4, -0.2) is 66.4 Å². The Hall–Kier alpha value is -2.76. The first kappa shape index (κ1) is 24.0. The molecule has 1 N–H and O–H groups in total. The van der Waals surface area contributed by atoms with E-state index in [1.807, 2.05) is 18.2 Å². The number of hydrogen-bond acceptors (Lipinski definition) is 6. The SMILES string of the molecule is COC1CCC(CN2CCC(C#N)(c3ccc4c(c3)CN(C3CCC(=O)NC3=O)C4=O)CC2)CC1. The molecule has 0 aromatic heterocycles. The average Bonchev–Trinajstić information content (AvgIpc) is 3.20. The highest BCUT2D eigenvalue weighted by atomic mass is 16.5. The third-order valence-electron chi connectivity index (χ3n) is 8.64. The van der Waals surface area contributed by atoms with E-state index in [0.717, 1.165) is 56.4 Å². The lowest BCUT2D eigenvalue weighted by Crippen LogP contribution is -2.52. The van der Waals surface area contributed by atoms with E-state index in [0.29, 0.717) is 30.6 Å². The van der Waals surface area contributed by atoms with Crippen LogP contribution >= 0.6 is 0 Å². The summed E-state index contributed by atoms with van der Waals surface area (Å²) in [6, 6.07) is 7.74. The normalized spacial score (nSPS) is 29.0. The van der Waals surface area contributed by atoms with Gasteiger partial charge in [0.05, 0.1) is 17.6 Å². The van der Waals surface area contributed by atoms with Crippen LogP contribution < -0.4 is 5.32 Å². The zero-order valence-electron chi connectivity index (χ0n) is 20.4. The van der Waals surface area contributed by atoms with E-state index in [-0.39, 0.29) is 18.2 Å². The molecule has 0 spiro atoms. The summed E-state index contributed by atoms with van der Waals surface area (Å²) in [4.78, 5) is 40.9. The molecule has 1 aliphatic carbocycles. The summed E-state index contributed by atoms with van der Waals surface area (Å²) < 4.78 is 5.50. The average molecular weight is 479 g/mol. The zero-order chi connectivity index (χ0) is 24.6. The number of benzene rings is 1. The second-order valence-corrected chi connectivity index (χ2v) is 10.6. The Morgan fingerprint density at radius 3 is 2.51 bits per heavy atom. The minimum atomic E-state index is -0.622. The molecule has 1 saturated carbocycles. The summed E-state index contributed by atoms with van der Waals surface area (Å²) >= 11 is 0. The fraction of sp³-hybridized carbons (Fsp3) is 0.630. The fourth-order valence-electron chi connectivity index (χ4n) is 6.37. The van der Waals surface area contributed by atoms with Gasteiger partial charge in [-0.25, -0.2) is 0 Å². The number of carbonyl (C=O) groups is 3. The predicted octanol–water partition coefficient (Wildman–Crippen LogP) is 2.51. The van der Waals surface area contributed by atoms with Crippen LogP contribution in [0.4, 0.5) is 0 Å². The van der Waals surface area contributed by atoms with Crippen LogP contribution in [-0.2, 0) is 26.3 Å². The van der Waals surface area contributed by atoms with Gasteiger partial charge >= 0.3 is 0 Å². The van der Waals surface area contributed by atoms with Gasteiger partial charge in [0, 0.05) is 32.2 Å². The fourth-order valence-corrected chi connectivity index (χ4v) is 6.37. The van der Waals surface area contributed by atoms with Crippen molar-refractivity contribution in [3.8, 4) is 6.07 Å². The Labute approximate surface area is 206 Å². The molecule has 1 aromatic rings. The van der Waals surface area contributed by atoms with Crippen molar-refractivity contribution in [1.82, 2.24) is 15.1 Å². The van der Waals surface area contributed by atoms with Gasteiger partial charge in [0.25, 0.3) is 5.91 Å². The molecule has 8 heteroatoms. The Bertz CT molecular complexity index is 1050. The van der Waals surface area contributed by atoms with E-state index in [9.17, 15) is 19.6 Å². The number of piperidine rings is 2. The molecule has 8 nitrogen and oxygen atoms in total. The van der Waals surface area contributed by atoms with Gasteiger partial charge < -0.3 is 14.5 Å². The topological polar surface area (TPSA) is 103 Å². The van der Waals surface area contributed by atoms with Crippen molar-refractivity contribution in [3.05, 3.63) is 34.9 Å². The lowest BCUT2D eigenvalue weighted by Gasteiger charge is -2.40. The number of fused-ring (bicyclic) bond motifs is 1. The van der Waals surface area contributed by atoms with E-state index >= 15 is 0 Å². The number of ether oxygens (including phenoxy) is 1. The summed E-state index contributed by atoms with van der Waals surface area (Å²) in [6.45, 7) is 3.23. The summed E-state index contributed by atoms with van der Waals surface area (Å²) in [5.74, 6) is -0.160. The van der Waals surface area contributed by atoms with Crippen molar-refractivity contribution >= 4 is 17.7 Å². The predicted molar refractivity (Wildman–Crippen MR) is 128 cm³/mol. The lowest BCUT2D eigenvalue weighted by atomic mass is 9.73. The molecular weight excluding hydrogens is 444 g/mol. The van der Waals surface area contributed by atoms with Crippen LogP contribution in [0, 0.1) is 17.2 Å². The summed E-state index contributed by atoms with van der Waals surface area (Å²) in [7, 11) is 1.80. The van der Waals surface area contributed by atoms with Crippen LogP contribution in [0.25, 0.3) is 0 Å². The zero-order valence-corrected chi connectivity index (χ0v) is 20.4. The smallest absolute Gasteiger partial charge is 0.255 e. The summed E-state index contributed by atoms with van der Waals surface area (Å²) in [5.41, 5.74) is 1.88. The molecule has 1 atom stereocenters. The first-order valence-corrected chi connectivity index (χ1v) is 12.9. The highest BCUT2D eigenvalue weighted by molar-refractivity contribution is 6.05. The van der Waals surface area contributed by atoms with Gasteiger partial charge in [0.2, 0.25) is 11.8 Å². The third kappa shape index (κ3) is 4.60. The molecule has 3 aliphatic heterocycles. The van der Waals surface area contributed by atoms with E-state index in [1.165, 1.54) is 12.8 Å². The number of amides is 3. The summed E-state index contributed by atoms with van der Waals surface area (Å²) in [6.07, 6.45) is 7.26. The van der Waals surface area contributed by atoms with E-state index in [4.69, 9.17) is 4.74 Å². The molecule has 1 aromatic carbocycles. The Balaban J connectivity index is 1.24. The Morgan fingerprint density at radius 2 is 1.86 bits per heavy atom. The van der Waals surface area contributed by atoms with Crippen molar-refractivity contribution in [2.45, 2.75) is 75.5 Å². The molecule has 0 bridgehead atoms. The van der Waals surface area contributed by atoms with Gasteiger partial charge in [0.15, 0.2) is 0 Å². The molecule has 35 heavy (non-hydrogen) atoms. The molecule has 1 unspecified atom stereocenters. The maximum Gasteiger partial charge on any atom is 0.255 e. The second-order valence-electron chi connectivity index (χ2n) is 10.6. The second kappa shape index (κ2) is 9.71. The number of nitriles is 1. The molecule has 186 valence electrons. The molecular formula is C27H34N4O4. The van der Waals surface area contributed by atoms with E-state index in [1.54, 1.807) is 12.0 Å². The molecule has 3 amide bonds. The molecule has 5 rings (SSSR count). The molecule has 2 saturated heterocycles. The highest BCUT2D eigenvalue weighted by Crippen LogP contribution is 2.38. The first-order chi connectivity index (χ1) is 16.9. The number of hydrogen-bond donors (Lipinski definition) is 1. The van der Waals surface area contributed by atoms with Gasteiger partial charge in [-0.15, -0.1) is 0 Å². The van der Waals surface area contributed by atoms with Crippen LogP contribution in [0.15, 0.2) is 18.2 Å². The van der Waals surface area contributed by atoms with Crippen LogP contribution in [0.3, 0.4) is 0 Å². The number of carbonyl (C=O) groups excluding carboxylic acids is 3. The van der Waals surface area contributed by atoms with Crippen molar-refractivity contribution < 1.29 is 19.1 Å². The minimum Gasteiger partial charge on any atom is -0.381 e.